The molecule has 0 radical (unpaired) electrons. The van der Waals surface area contributed by atoms with E-state index in [4.69, 9.17) is 16.3 Å². The lowest BCUT2D eigenvalue weighted by Crippen LogP contribution is -2.34. The molecule has 5 heteroatoms. The number of thiophene rings is 1. The number of nitrogens with zero attached hydrogens (tertiary/aromatic N) is 1. The van der Waals surface area contributed by atoms with Crippen molar-refractivity contribution in [1.82, 2.24) is 0 Å². The molecular formula is C21H20ClNO2S. The van der Waals surface area contributed by atoms with Gasteiger partial charge < -0.3 is 9.64 Å². The molecule has 3 aromatic rings. The van der Waals surface area contributed by atoms with Crippen LogP contribution >= 0.6 is 22.9 Å². The van der Waals surface area contributed by atoms with Crippen LogP contribution in [0.3, 0.4) is 0 Å². The van der Waals surface area contributed by atoms with Gasteiger partial charge in [-0.2, -0.15) is 0 Å². The predicted octanol–water partition coefficient (Wildman–Crippen LogP) is 5.58. The van der Waals surface area contributed by atoms with E-state index in [0.29, 0.717) is 17.3 Å². The van der Waals surface area contributed by atoms with E-state index in [9.17, 15) is 4.79 Å². The maximum Gasteiger partial charge on any atom is 0.265 e. The zero-order valence-corrected chi connectivity index (χ0v) is 16.1. The van der Waals surface area contributed by atoms with Gasteiger partial charge in [0.05, 0.1) is 6.54 Å². The molecule has 0 N–H and O–H groups in total. The average Bonchev–Trinajstić information content (AvgIpc) is 3.18. The van der Waals surface area contributed by atoms with Crippen molar-refractivity contribution in [2.45, 2.75) is 19.9 Å². The minimum absolute atomic E-state index is 0.0244. The summed E-state index contributed by atoms with van der Waals surface area (Å²) in [4.78, 5) is 15.6. The van der Waals surface area contributed by atoms with E-state index in [1.165, 1.54) is 5.56 Å². The zero-order chi connectivity index (χ0) is 18.4. The maximum atomic E-state index is 12.8. The van der Waals surface area contributed by atoms with Crippen LogP contribution in [0.1, 0.15) is 17.4 Å². The van der Waals surface area contributed by atoms with Gasteiger partial charge >= 0.3 is 0 Å². The first kappa shape index (κ1) is 18.5. The number of carbonyl (C=O) groups is 1. The number of amides is 1. The number of aryl methyl sites for hydroxylation is 1. The highest BCUT2D eigenvalue weighted by Gasteiger charge is 2.18. The fourth-order valence-electron chi connectivity index (χ4n) is 2.57. The Balaban J connectivity index is 1.73. The Hall–Kier alpha value is -2.30. The molecule has 3 rings (SSSR count). The van der Waals surface area contributed by atoms with E-state index in [1.807, 2.05) is 53.9 Å². The van der Waals surface area contributed by atoms with Gasteiger partial charge in [-0.1, -0.05) is 42.8 Å². The molecule has 26 heavy (non-hydrogen) atoms. The Morgan fingerprint density at radius 2 is 1.92 bits per heavy atom. The van der Waals surface area contributed by atoms with E-state index in [1.54, 1.807) is 28.4 Å². The standard InChI is InChI=1S/C21H20ClNO2S/c1-2-16-8-10-19(11-9-16)25-15-21(24)23(14-20-7-4-12-26-20)18-6-3-5-17(22)13-18/h3-13H,2,14-15H2,1H3. The van der Waals surface area contributed by atoms with Crippen LogP contribution in [-0.2, 0) is 17.8 Å². The number of carbonyl (C=O) groups excluding carboxylic acids is 1. The molecule has 2 aromatic carbocycles. The van der Waals surface area contributed by atoms with E-state index in [2.05, 4.69) is 6.92 Å². The van der Waals surface area contributed by atoms with Gasteiger partial charge in [-0.05, 0) is 53.8 Å². The van der Waals surface area contributed by atoms with E-state index >= 15 is 0 Å². The summed E-state index contributed by atoms with van der Waals surface area (Å²) in [5.74, 6) is 0.581. The summed E-state index contributed by atoms with van der Waals surface area (Å²) < 4.78 is 5.70. The van der Waals surface area contributed by atoms with E-state index in [0.717, 1.165) is 17.0 Å². The monoisotopic (exact) mass is 385 g/mol. The zero-order valence-electron chi connectivity index (χ0n) is 14.5. The minimum Gasteiger partial charge on any atom is -0.484 e. The third kappa shape index (κ3) is 4.87. The van der Waals surface area contributed by atoms with Gasteiger partial charge in [-0.3, -0.25) is 4.79 Å². The molecule has 1 aromatic heterocycles. The quantitative estimate of drug-likeness (QED) is 0.531. The fraction of sp³-hybridized carbons (Fsp3) is 0.190. The Morgan fingerprint density at radius 3 is 2.58 bits per heavy atom. The van der Waals surface area contributed by atoms with Crippen molar-refractivity contribution in [2.75, 3.05) is 11.5 Å². The van der Waals surface area contributed by atoms with Crippen LogP contribution in [0.4, 0.5) is 5.69 Å². The maximum absolute atomic E-state index is 12.8. The highest BCUT2D eigenvalue weighted by Crippen LogP contribution is 2.23. The number of rotatable bonds is 7. The second-order valence-electron chi connectivity index (χ2n) is 5.83. The molecule has 0 atom stereocenters. The number of anilines is 1. The molecule has 0 aliphatic heterocycles. The van der Waals surface area contributed by atoms with Gasteiger partial charge in [-0.25, -0.2) is 0 Å². The second kappa shape index (κ2) is 8.88. The number of halogens is 1. The average molecular weight is 386 g/mol. The van der Waals surface area contributed by atoms with Crippen molar-refractivity contribution in [2.24, 2.45) is 0 Å². The summed E-state index contributed by atoms with van der Waals surface area (Å²) in [7, 11) is 0. The van der Waals surface area contributed by atoms with Crippen LogP contribution in [0.15, 0.2) is 66.0 Å². The van der Waals surface area contributed by atoms with Crippen LogP contribution in [0.25, 0.3) is 0 Å². The summed E-state index contributed by atoms with van der Waals surface area (Å²) in [6.07, 6.45) is 0.975. The van der Waals surface area contributed by atoms with Crippen molar-refractivity contribution >= 4 is 34.5 Å². The summed E-state index contributed by atoms with van der Waals surface area (Å²) in [6, 6.07) is 19.1. The van der Waals surface area contributed by atoms with Crippen LogP contribution in [0.5, 0.6) is 5.75 Å². The lowest BCUT2D eigenvalue weighted by Gasteiger charge is -2.22. The molecule has 0 spiro atoms. The van der Waals surface area contributed by atoms with Crippen molar-refractivity contribution < 1.29 is 9.53 Å². The first-order valence-electron chi connectivity index (χ1n) is 8.46. The Labute approximate surface area is 162 Å². The first-order valence-corrected chi connectivity index (χ1v) is 9.71. The number of ether oxygens (including phenoxy) is 1. The summed E-state index contributed by atoms with van der Waals surface area (Å²) >= 11 is 7.73. The third-order valence-electron chi connectivity index (χ3n) is 4.01. The lowest BCUT2D eigenvalue weighted by atomic mass is 10.2. The predicted molar refractivity (Wildman–Crippen MR) is 108 cm³/mol. The normalized spacial score (nSPS) is 10.5. The van der Waals surface area contributed by atoms with Crippen molar-refractivity contribution in [3.05, 3.63) is 81.5 Å². The molecule has 0 aliphatic carbocycles. The van der Waals surface area contributed by atoms with E-state index in [-0.39, 0.29) is 12.5 Å². The van der Waals surface area contributed by atoms with Gasteiger partial charge in [0.15, 0.2) is 6.61 Å². The van der Waals surface area contributed by atoms with Crippen molar-refractivity contribution in [3.63, 3.8) is 0 Å². The molecule has 0 saturated carbocycles. The minimum atomic E-state index is -0.111. The molecular weight excluding hydrogens is 366 g/mol. The van der Waals surface area contributed by atoms with Crippen LogP contribution in [-0.4, -0.2) is 12.5 Å². The molecule has 0 fully saturated rings. The fourth-order valence-corrected chi connectivity index (χ4v) is 3.45. The number of hydrogen-bond acceptors (Lipinski definition) is 3. The number of hydrogen-bond donors (Lipinski definition) is 0. The van der Waals surface area contributed by atoms with E-state index < -0.39 is 0 Å². The summed E-state index contributed by atoms with van der Waals surface area (Å²) in [5, 5.41) is 2.60. The smallest absolute Gasteiger partial charge is 0.265 e. The van der Waals surface area contributed by atoms with Crippen molar-refractivity contribution in [3.8, 4) is 5.75 Å². The highest BCUT2D eigenvalue weighted by molar-refractivity contribution is 7.09. The van der Waals surface area contributed by atoms with Gasteiger partial charge in [0.2, 0.25) is 0 Å². The van der Waals surface area contributed by atoms with Crippen LogP contribution < -0.4 is 9.64 Å². The Kier molecular flexibility index (Phi) is 6.31. The molecule has 1 amide bonds. The van der Waals surface area contributed by atoms with Crippen molar-refractivity contribution in [1.29, 1.82) is 0 Å². The van der Waals surface area contributed by atoms with Crippen LogP contribution in [0.2, 0.25) is 5.02 Å². The summed E-state index contributed by atoms with van der Waals surface area (Å²) in [5.41, 5.74) is 2.00. The first-order chi connectivity index (χ1) is 12.7. The largest absolute Gasteiger partial charge is 0.484 e. The van der Waals surface area contributed by atoms with Crippen LogP contribution in [0, 0.1) is 0 Å². The van der Waals surface area contributed by atoms with Gasteiger partial charge in [-0.15, -0.1) is 11.3 Å². The third-order valence-corrected chi connectivity index (χ3v) is 5.11. The van der Waals surface area contributed by atoms with Gasteiger partial charge in [0.25, 0.3) is 5.91 Å². The van der Waals surface area contributed by atoms with Gasteiger partial charge in [0, 0.05) is 15.6 Å². The molecule has 134 valence electrons. The Bertz CT molecular complexity index is 847. The molecule has 3 nitrogen and oxygen atoms in total. The van der Waals surface area contributed by atoms with Gasteiger partial charge in [0.1, 0.15) is 5.75 Å². The Morgan fingerprint density at radius 1 is 1.12 bits per heavy atom. The molecule has 0 saturated heterocycles. The highest BCUT2D eigenvalue weighted by atomic mass is 35.5. The molecule has 1 heterocycles. The second-order valence-corrected chi connectivity index (χ2v) is 7.29. The lowest BCUT2D eigenvalue weighted by molar-refractivity contribution is -0.120. The SMILES string of the molecule is CCc1ccc(OCC(=O)N(Cc2cccs2)c2cccc(Cl)c2)cc1. The molecule has 0 bridgehead atoms. The molecule has 0 aliphatic rings. The number of benzene rings is 2. The summed E-state index contributed by atoms with van der Waals surface area (Å²) in [6.45, 7) is 2.57. The topological polar surface area (TPSA) is 29.5 Å². The molecule has 0 unspecified atom stereocenters.